The van der Waals surface area contributed by atoms with Gasteiger partial charge in [0.2, 0.25) is 10.0 Å². The maximum absolute atomic E-state index is 11.9. The lowest BCUT2D eigenvalue weighted by atomic mass is 10.2. The van der Waals surface area contributed by atoms with Crippen LogP contribution < -0.4 is 5.32 Å². The molecule has 0 bridgehead atoms. The Morgan fingerprint density at radius 1 is 1.29 bits per heavy atom. The Morgan fingerprint density at radius 3 is 2.52 bits per heavy atom. The summed E-state index contributed by atoms with van der Waals surface area (Å²) in [6.07, 6.45) is 2.89. The van der Waals surface area contributed by atoms with Gasteiger partial charge in [0, 0.05) is 19.6 Å². The number of nitrogens with one attached hydrogen (secondary N) is 1. The van der Waals surface area contributed by atoms with Gasteiger partial charge in [0.25, 0.3) is 5.91 Å². The Bertz CT molecular complexity index is 575. The minimum absolute atomic E-state index is 0.251. The zero-order valence-corrected chi connectivity index (χ0v) is 13.9. The van der Waals surface area contributed by atoms with Crippen molar-refractivity contribution in [3.63, 3.8) is 0 Å². The lowest BCUT2D eigenvalue weighted by molar-refractivity contribution is 0.0951. The van der Waals surface area contributed by atoms with Gasteiger partial charge in [-0.25, -0.2) is 12.7 Å². The molecule has 0 spiro atoms. The molecule has 1 N–H and O–H groups in total. The minimum atomic E-state index is -3.25. The van der Waals surface area contributed by atoms with Crippen molar-refractivity contribution in [3.05, 3.63) is 34.9 Å². The number of nitrogens with zero attached hydrogens (tertiary/aromatic N) is 1. The number of carbonyl (C=O) groups excluding carboxylic acids is 1. The first kappa shape index (κ1) is 17.9. The number of unbranched alkanes of at least 4 members (excludes halogenated alkanes) is 1. The van der Waals surface area contributed by atoms with E-state index in [1.54, 1.807) is 24.3 Å². The largest absolute Gasteiger partial charge is 0.351 e. The summed E-state index contributed by atoms with van der Waals surface area (Å²) in [5.74, 6) is -0.301. The first-order chi connectivity index (χ1) is 9.86. The Labute approximate surface area is 131 Å². The molecule has 0 saturated carbocycles. The number of hydrogen-bond acceptors (Lipinski definition) is 3. The second-order valence-electron chi connectivity index (χ2n) is 4.75. The second kappa shape index (κ2) is 8.36. The van der Waals surface area contributed by atoms with Crippen molar-refractivity contribution >= 4 is 27.5 Å². The van der Waals surface area contributed by atoms with E-state index in [9.17, 15) is 13.2 Å². The normalized spacial score (nSPS) is 11.6. The van der Waals surface area contributed by atoms with E-state index < -0.39 is 10.0 Å². The monoisotopic (exact) mass is 332 g/mol. The van der Waals surface area contributed by atoms with Crippen LogP contribution in [-0.4, -0.2) is 44.5 Å². The smallest absolute Gasteiger partial charge is 0.252 e. The number of benzene rings is 1. The molecule has 0 fully saturated rings. The molecular formula is C14H21ClN2O3S. The number of hydrogen-bond donors (Lipinski definition) is 1. The molecule has 0 atom stereocenters. The zero-order chi connectivity index (χ0) is 15.9. The van der Waals surface area contributed by atoms with Crippen molar-refractivity contribution in [2.75, 3.05) is 25.9 Å². The maximum atomic E-state index is 11.9. The molecule has 0 radical (unpaired) electrons. The second-order valence-corrected chi connectivity index (χ2v) is 7.14. The molecule has 0 aliphatic heterocycles. The Kier molecular flexibility index (Phi) is 7.14. The number of amides is 1. The molecule has 21 heavy (non-hydrogen) atoms. The molecular weight excluding hydrogens is 312 g/mol. The van der Waals surface area contributed by atoms with Gasteiger partial charge in [0.1, 0.15) is 0 Å². The molecule has 0 aliphatic rings. The highest BCUT2D eigenvalue weighted by atomic mass is 35.5. The molecule has 1 aromatic carbocycles. The molecule has 5 nitrogen and oxygen atoms in total. The van der Waals surface area contributed by atoms with Gasteiger partial charge in [0.15, 0.2) is 0 Å². The molecule has 1 rings (SSSR count). The van der Waals surface area contributed by atoms with Crippen LogP contribution >= 0.6 is 11.6 Å². The minimum Gasteiger partial charge on any atom is -0.351 e. The third kappa shape index (κ3) is 6.03. The summed E-state index contributed by atoms with van der Waals surface area (Å²) in [6, 6.07) is 6.74. The van der Waals surface area contributed by atoms with Crippen LogP contribution in [-0.2, 0) is 10.0 Å². The van der Waals surface area contributed by atoms with E-state index in [4.69, 9.17) is 11.6 Å². The van der Waals surface area contributed by atoms with Crippen molar-refractivity contribution in [2.45, 2.75) is 19.8 Å². The van der Waals surface area contributed by atoms with E-state index in [0.717, 1.165) is 12.8 Å². The van der Waals surface area contributed by atoms with Crippen LogP contribution in [0.5, 0.6) is 0 Å². The summed E-state index contributed by atoms with van der Waals surface area (Å²) in [6.45, 7) is 2.98. The lowest BCUT2D eigenvalue weighted by Gasteiger charge is -2.19. The fraction of sp³-hybridized carbons (Fsp3) is 0.500. The molecule has 0 aromatic heterocycles. The van der Waals surface area contributed by atoms with E-state index in [1.165, 1.54) is 10.6 Å². The van der Waals surface area contributed by atoms with Crippen molar-refractivity contribution in [1.82, 2.24) is 9.62 Å². The van der Waals surface area contributed by atoms with Gasteiger partial charge in [-0.1, -0.05) is 37.1 Å². The predicted octanol–water partition coefficient (Wildman–Crippen LogP) is 2.13. The van der Waals surface area contributed by atoms with Crippen LogP contribution in [0.25, 0.3) is 0 Å². The molecule has 1 amide bonds. The Hall–Kier alpha value is -1.11. The van der Waals surface area contributed by atoms with Gasteiger partial charge < -0.3 is 5.32 Å². The quantitative estimate of drug-likeness (QED) is 0.793. The molecule has 0 aliphatic carbocycles. The summed E-state index contributed by atoms with van der Waals surface area (Å²) in [5, 5.41) is 3.07. The van der Waals surface area contributed by atoms with Crippen LogP contribution in [0.2, 0.25) is 5.02 Å². The van der Waals surface area contributed by atoms with Crippen LogP contribution in [0.4, 0.5) is 0 Å². The van der Waals surface area contributed by atoms with E-state index in [0.29, 0.717) is 17.1 Å². The third-order valence-corrected chi connectivity index (χ3v) is 4.63. The average Bonchev–Trinajstić information content (AvgIpc) is 2.41. The van der Waals surface area contributed by atoms with Gasteiger partial charge in [-0.2, -0.15) is 0 Å². The molecule has 1 aromatic rings. The van der Waals surface area contributed by atoms with Gasteiger partial charge in [0.05, 0.1) is 16.8 Å². The standard InChI is InChI=1S/C14H21ClN2O3S/c1-3-4-10-17(21(2,19)20)11-9-16-14(18)12-7-5-6-8-13(12)15/h5-8H,3-4,9-11H2,1-2H3,(H,16,18). The van der Waals surface area contributed by atoms with Crippen molar-refractivity contribution < 1.29 is 13.2 Å². The SMILES string of the molecule is CCCCN(CCNC(=O)c1ccccc1Cl)S(C)(=O)=O. The molecule has 7 heteroatoms. The summed E-state index contributed by atoms with van der Waals surface area (Å²) >= 11 is 5.93. The first-order valence-electron chi connectivity index (χ1n) is 6.84. The van der Waals surface area contributed by atoms with Crippen molar-refractivity contribution in [1.29, 1.82) is 0 Å². The third-order valence-electron chi connectivity index (χ3n) is 3.00. The van der Waals surface area contributed by atoms with Crippen molar-refractivity contribution in [3.8, 4) is 0 Å². The van der Waals surface area contributed by atoms with Gasteiger partial charge >= 0.3 is 0 Å². The highest BCUT2D eigenvalue weighted by molar-refractivity contribution is 7.88. The average molecular weight is 333 g/mol. The summed E-state index contributed by atoms with van der Waals surface area (Å²) in [7, 11) is -3.25. The predicted molar refractivity (Wildman–Crippen MR) is 85.1 cm³/mol. The van der Waals surface area contributed by atoms with Crippen LogP contribution in [0.15, 0.2) is 24.3 Å². The molecule has 0 unspecified atom stereocenters. The van der Waals surface area contributed by atoms with E-state index in [2.05, 4.69) is 5.32 Å². The fourth-order valence-corrected chi connectivity index (χ4v) is 2.92. The number of rotatable bonds is 8. The van der Waals surface area contributed by atoms with Crippen LogP contribution in [0, 0.1) is 0 Å². The molecule has 118 valence electrons. The van der Waals surface area contributed by atoms with Crippen LogP contribution in [0.1, 0.15) is 30.1 Å². The molecule has 0 saturated heterocycles. The summed E-state index contributed by atoms with van der Waals surface area (Å²) in [4.78, 5) is 11.9. The molecule has 0 heterocycles. The zero-order valence-electron chi connectivity index (χ0n) is 12.3. The Morgan fingerprint density at radius 2 is 1.95 bits per heavy atom. The maximum Gasteiger partial charge on any atom is 0.252 e. The number of carbonyl (C=O) groups is 1. The fourth-order valence-electron chi connectivity index (χ4n) is 1.81. The van der Waals surface area contributed by atoms with Crippen molar-refractivity contribution in [2.24, 2.45) is 0 Å². The first-order valence-corrected chi connectivity index (χ1v) is 9.06. The Balaban J connectivity index is 2.54. The van der Waals surface area contributed by atoms with E-state index in [-0.39, 0.29) is 19.0 Å². The van der Waals surface area contributed by atoms with E-state index in [1.807, 2.05) is 6.92 Å². The topological polar surface area (TPSA) is 66.5 Å². The van der Waals surface area contributed by atoms with Crippen LogP contribution in [0.3, 0.4) is 0 Å². The number of sulfonamides is 1. The van der Waals surface area contributed by atoms with Gasteiger partial charge in [-0.15, -0.1) is 0 Å². The number of halogens is 1. The van der Waals surface area contributed by atoms with E-state index >= 15 is 0 Å². The highest BCUT2D eigenvalue weighted by Gasteiger charge is 2.16. The van der Waals surface area contributed by atoms with Gasteiger partial charge in [-0.3, -0.25) is 4.79 Å². The lowest BCUT2D eigenvalue weighted by Crippen LogP contribution is -2.38. The highest BCUT2D eigenvalue weighted by Crippen LogP contribution is 2.14. The van der Waals surface area contributed by atoms with Gasteiger partial charge in [-0.05, 0) is 18.6 Å². The summed E-state index contributed by atoms with van der Waals surface area (Å²) < 4.78 is 24.6. The summed E-state index contributed by atoms with van der Waals surface area (Å²) in [5.41, 5.74) is 0.388.